The third kappa shape index (κ3) is 1.81. The monoisotopic (exact) mass is 150 g/mol. The van der Waals surface area contributed by atoms with E-state index in [-0.39, 0.29) is 0 Å². The molecule has 0 aliphatic rings. The fourth-order valence-electron chi connectivity index (χ4n) is 1.30. The van der Waals surface area contributed by atoms with E-state index >= 15 is 0 Å². The normalized spacial score (nSPS) is 10.5. The third-order valence-electron chi connectivity index (χ3n) is 1.93. The lowest BCUT2D eigenvalue weighted by atomic mass is 10.0. The Morgan fingerprint density at radius 3 is 2.27 bits per heavy atom. The van der Waals surface area contributed by atoms with Crippen molar-refractivity contribution in [3.8, 4) is 0 Å². The Morgan fingerprint density at radius 1 is 1.18 bits per heavy atom. The van der Waals surface area contributed by atoms with Gasteiger partial charge in [0.15, 0.2) is 0 Å². The van der Waals surface area contributed by atoms with Crippen LogP contribution in [0.1, 0.15) is 25.3 Å². The van der Waals surface area contributed by atoms with E-state index in [2.05, 4.69) is 50.5 Å². The lowest BCUT2D eigenvalue weighted by Crippen LogP contribution is -2.73. The molecule has 0 aromatic heterocycles. The van der Waals surface area contributed by atoms with Gasteiger partial charge in [0.25, 0.3) is 0 Å². The number of para-hydroxylation sites is 1. The molecule has 0 amide bonds. The van der Waals surface area contributed by atoms with Crippen LogP contribution in [0.4, 0.5) is 5.69 Å². The number of benzene rings is 1. The predicted molar refractivity (Wildman–Crippen MR) is 48.0 cm³/mol. The van der Waals surface area contributed by atoms with Crippen LogP contribution in [0, 0.1) is 0 Å². The predicted octanol–water partition coefficient (Wildman–Crippen LogP) is 1.63. The van der Waals surface area contributed by atoms with Crippen molar-refractivity contribution in [2.75, 3.05) is 7.05 Å². The van der Waals surface area contributed by atoms with E-state index < -0.39 is 0 Å². The zero-order chi connectivity index (χ0) is 8.27. The highest BCUT2D eigenvalue weighted by molar-refractivity contribution is 5.40. The number of hydrogen-bond donors (Lipinski definition) is 1. The lowest BCUT2D eigenvalue weighted by Gasteiger charge is -2.07. The van der Waals surface area contributed by atoms with E-state index in [0.717, 1.165) is 0 Å². The topological polar surface area (TPSA) is 16.6 Å². The minimum atomic E-state index is 0.627. The van der Waals surface area contributed by atoms with Crippen LogP contribution in [0.15, 0.2) is 24.3 Å². The second-order valence-electron chi connectivity index (χ2n) is 3.07. The van der Waals surface area contributed by atoms with Crippen molar-refractivity contribution in [1.29, 1.82) is 0 Å². The van der Waals surface area contributed by atoms with Gasteiger partial charge < -0.3 is 5.32 Å². The Balaban J connectivity index is 3.02. The molecule has 0 bridgehead atoms. The van der Waals surface area contributed by atoms with Crippen LogP contribution in [0.5, 0.6) is 0 Å². The molecule has 60 valence electrons. The van der Waals surface area contributed by atoms with Gasteiger partial charge in [0.1, 0.15) is 5.69 Å². The molecule has 1 aromatic rings. The summed E-state index contributed by atoms with van der Waals surface area (Å²) in [6.07, 6.45) is 0. The molecule has 1 nitrogen and oxygen atoms in total. The van der Waals surface area contributed by atoms with Crippen molar-refractivity contribution in [3.63, 3.8) is 0 Å². The van der Waals surface area contributed by atoms with Crippen molar-refractivity contribution >= 4 is 5.69 Å². The van der Waals surface area contributed by atoms with Gasteiger partial charge in [-0.1, -0.05) is 32.0 Å². The molecule has 0 aliphatic carbocycles. The molecule has 0 fully saturated rings. The molecule has 0 radical (unpaired) electrons. The Labute approximate surface area is 68.4 Å². The summed E-state index contributed by atoms with van der Waals surface area (Å²) in [5.74, 6) is 0.627. The highest BCUT2D eigenvalue weighted by Gasteiger charge is 2.05. The molecule has 1 rings (SSSR count). The Kier molecular flexibility index (Phi) is 2.66. The van der Waals surface area contributed by atoms with Crippen LogP contribution in [0.25, 0.3) is 0 Å². The number of quaternary nitrogens is 1. The van der Waals surface area contributed by atoms with Crippen LogP contribution in [0.2, 0.25) is 0 Å². The molecule has 0 spiro atoms. The molecule has 0 heterocycles. The maximum atomic E-state index is 2.22. The third-order valence-corrected chi connectivity index (χ3v) is 1.93. The molecule has 0 atom stereocenters. The quantitative estimate of drug-likeness (QED) is 0.617. The summed E-state index contributed by atoms with van der Waals surface area (Å²) in [4.78, 5) is 0. The number of hydrogen-bond acceptors (Lipinski definition) is 0. The summed E-state index contributed by atoms with van der Waals surface area (Å²) in [5.41, 5.74) is 2.80. The first-order valence-electron chi connectivity index (χ1n) is 4.14. The summed E-state index contributed by atoms with van der Waals surface area (Å²) in [6, 6.07) is 8.54. The van der Waals surface area contributed by atoms with Gasteiger partial charge in [0.2, 0.25) is 0 Å². The lowest BCUT2D eigenvalue weighted by molar-refractivity contribution is -0.540. The molecule has 0 saturated carbocycles. The summed E-state index contributed by atoms with van der Waals surface area (Å²) in [5, 5.41) is 2.16. The minimum Gasteiger partial charge on any atom is -0.316 e. The highest BCUT2D eigenvalue weighted by Crippen LogP contribution is 2.19. The van der Waals surface area contributed by atoms with Gasteiger partial charge in [-0.3, -0.25) is 0 Å². The summed E-state index contributed by atoms with van der Waals surface area (Å²) < 4.78 is 0. The van der Waals surface area contributed by atoms with Gasteiger partial charge in [-0.25, -0.2) is 0 Å². The molecule has 1 heteroatoms. The fraction of sp³-hybridized carbons (Fsp3) is 0.400. The Morgan fingerprint density at radius 2 is 1.82 bits per heavy atom. The smallest absolute Gasteiger partial charge is 0.132 e. The average molecular weight is 150 g/mol. The second-order valence-corrected chi connectivity index (χ2v) is 3.07. The van der Waals surface area contributed by atoms with E-state index in [0.29, 0.717) is 5.92 Å². The Hall–Kier alpha value is -0.820. The van der Waals surface area contributed by atoms with Crippen molar-refractivity contribution in [2.24, 2.45) is 0 Å². The summed E-state index contributed by atoms with van der Waals surface area (Å²) in [6.45, 7) is 4.45. The van der Waals surface area contributed by atoms with Crippen molar-refractivity contribution in [1.82, 2.24) is 0 Å². The summed E-state index contributed by atoms with van der Waals surface area (Å²) in [7, 11) is 2.08. The van der Waals surface area contributed by atoms with Crippen LogP contribution < -0.4 is 5.32 Å². The van der Waals surface area contributed by atoms with Crippen LogP contribution in [-0.2, 0) is 0 Å². The zero-order valence-electron chi connectivity index (χ0n) is 7.46. The second kappa shape index (κ2) is 3.54. The zero-order valence-corrected chi connectivity index (χ0v) is 7.46. The van der Waals surface area contributed by atoms with E-state index in [1.807, 2.05) is 0 Å². The van der Waals surface area contributed by atoms with Gasteiger partial charge in [-0.15, -0.1) is 0 Å². The van der Waals surface area contributed by atoms with Crippen molar-refractivity contribution in [3.05, 3.63) is 29.8 Å². The number of rotatable bonds is 2. The fourth-order valence-corrected chi connectivity index (χ4v) is 1.30. The van der Waals surface area contributed by atoms with Crippen molar-refractivity contribution < 1.29 is 5.32 Å². The SMILES string of the molecule is C[NH2+]c1ccccc1C(C)C. The largest absolute Gasteiger partial charge is 0.316 e. The van der Waals surface area contributed by atoms with E-state index in [4.69, 9.17) is 0 Å². The van der Waals surface area contributed by atoms with E-state index in [1.165, 1.54) is 11.3 Å². The molecular formula is C10H16N+. The highest BCUT2D eigenvalue weighted by atomic mass is 14.8. The first kappa shape index (κ1) is 8.28. The standard InChI is InChI=1S/C10H15N/c1-8(2)9-6-4-5-7-10(9)11-3/h4-8,11H,1-3H3/p+1. The van der Waals surface area contributed by atoms with Crippen LogP contribution in [-0.4, -0.2) is 7.05 Å². The maximum absolute atomic E-state index is 2.22. The van der Waals surface area contributed by atoms with Crippen LogP contribution in [0.3, 0.4) is 0 Å². The van der Waals surface area contributed by atoms with Gasteiger partial charge in [0, 0.05) is 5.56 Å². The van der Waals surface area contributed by atoms with E-state index in [1.54, 1.807) is 0 Å². The molecule has 1 aromatic carbocycles. The molecule has 0 saturated heterocycles. The Bertz CT molecular complexity index is 228. The van der Waals surface area contributed by atoms with Crippen molar-refractivity contribution in [2.45, 2.75) is 19.8 Å². The molecule has 0 unspecified atom stereocenters. The van der Waals surface area contributed by atoms with Gasteiger partial charge in [0.05, 0.1) is 7.05 Å². The molecule has 0 aliphatic heterocycles. The first-order valence-corrected chi connectivity index (χ1v) is 4.14. The average Bonchev–Trinajstić information content (AvgIpc) is 2.04. The minimum absolute atomic E-state index is 0.627. The van der Waals surface area contributed by atoms with Gasteiger partial charge in [-0.2, -0.15) is 0 Å². The number of nitrogens with two attached hydrogens (primary N) is 1. The molecular weight excluding hydrogens is 134 g/mol. The van der Waals surface area contributed by atoms with Crippen LogP contribution >= 0.6 is 0 Å². The van der Waals surface area contributed by atoms with Gasteiger partial charge in [-0.05, 0) is 12.0 Å². The molecule has 11 heavy (non-hydrogen) atoms. The first-order chi connectivity index (χ1) is 5.25. The van der Waals surface area contributed by atoms with E-state index in [9.17, 15) is 0 Å². The maximum Gasteiger partial charge on any atom is 0.132 e. The molecule has 2 N–H and O–H groups in total. The summed E-state index contributed by atoms with van der Waals surface area (Å²) >= 11 is 0. The van der Waals surface area contributed by atoms with Gasteiger partial charge >= 0.3 is 0 Å².